The van der Waals surface area contributed by atoms with Gasteiger partial charge in [0.1, 0.15) is 0 Å². The second-order valence-corrected chi connectivity index (χ2v) is 6.38. The molecule has 0 aliphatic carbocycles. The second kappa shape index (κ2) is 7.47. The van der Waals surface area contributed by atoms with Gasteiger partial charge in [0.15, 0.2) is 0 Å². The fourth-order valence-corrected chi connectivity index (χ4v) is 2.92. The van der Waals surface area contributed by atoms with Crippen LogP contribution in [0.2, 0.25) is 0 Å². The Morgan fingerprint density at radius 1 is 1.33 bits per heavy atom. The maximum Gasteiger partial charge on any atom is 0.308 e. The number of carboxylic acid groups (broad SMARTS) is 1. The Morgan fingerprint density at radius 3 is 2.50 bits per heavy atom. The predicted octanol–water partition coefficient (Wildman–Crippen LogP) is 1.78. The number of carbonyl (C=O) groups is 3. The Hall–Kier alpha value is -2.37. The molecule has 130 valence electrons. The normalized spacial score (nSPS) is 18.5. The van der Waals surface area contributed by atoms with Gasteiger partial charge in [0, 0.05) is 32.2 Å². The minimum absolute atomic E-state index is 0.0720. The summed E-state index contributed by atoms with van der Waals surface area (Å²) in [7, 11) is 1.59. The first kappa shape index (κ1) is 18.0. The molecule has 0 spiro atoms. The largest absolute Gasteiger partial charge is 0.481 e. The van der Waals surface area contributed by atoms with Gasteiger partial charge in [-0.05, 0) is 24.1 Å². The molecule has 2 rings (SSSR count). The van der Waals surface area contributed by atoms with E-state index in [0.717, 1.165) is 12.1 Å². The van der Waals surface area contributed by atoms with Crippen LogP contribution in [0, 0.1) is 11.8 Å². The summed E-state index contributed by atoms with van der Waals surface area (Å²) in [5.74, 6) is -2.24. The SMILES string of the molecule is CCc1ccc(N2CC(C(=O)N(C)CC(C)C(=O)O)CC2=O)cc1. The molecule has 1 aliphatic heterocycles. The molecule has 6 heteroatoms. The number of carboxylic acids is 1. The van der Waals surface area contributed by atoms with Gasteiger partial charge < -0.3 is 14.9 Å². The van der Waals surface area contributed by atoms with E-state index in [2.05, 4.69) is 6.92 Å². The van der Waals surface area contributed by atoms with Crippen LogP contribution in [0.1, 0.15) is 25.8 Å². The average Bonchev–Trinajstić information content (AvgIpc) is 2.95. The van der Waals surface area contributed by atoms with Gasteiger partial charge in [0.25, 0.3) is 0 Å². The Kier molecular flexibility index (Phi) is 5.59. The van der Waals surface area contributed by atoms with Gasteiger partial charge >= 0.3 is 5.97 Å². The van der Waals surface area contributed by atoms with Crippen molar-refractivity contribution in [2.24, 2.45) is 11.8 Å². The van der Waals surface area contributed by atoms with Crippen molar-refractivity contribution in [3.8, 4) is 0 Å². The topological polar surface area (TPSA) is 77.9 Å². The van der Waals surface area contributed by atoms with Crippen molar-refractivity contribution in [1.82, 2.24) is 4.90 Å². The minimum Gasteiger partial charge on any atom is -0.481 e. The van der Waals surface area contributed by atoms with Crippen LogP contribution >= 0.6 is 0 Å². The number of nitrogens with zero attached hydrogens (tertiary/aromatic N) is 2. The molecule has 0 radical (unpaired) electrons. The molecule has 0 aromatic heterocycles. The van der Waals surface area contributed by atoms with Gasteiger partial charge in [0.2, 0.25) is 11.8 Å². The van der Waals surface area contributed by atoms with Gasteiger partial charge in [-0.2, -0.15) is 0 Å². The summed E-state index contributed by atoms with van der Waals surface area (Å²) in [4.78, 5) is 38.7. The van der Waals surface area contributed by atoms with E-state index in [1.165, 1.54) is 10.5 Å². The Bertz CT molecular complexity index is 626. The second-order valence-electron chi connectivity index (χ2n) is 6.38. The summed E-state index contributed by atoms with van der Waals surface area (Å²) in [6, 6.07) is 7.77. The predicted molar refractivity (Wildman–Crippen MR) is 90.7 cm³/mol. The number of aliphatic carboxylic acids is 1. The number of hydrogen-bond donors (Lipinski definition) is 1. The van der Waals surface area contributed by atoms with Crippen LogP contribution in [0.25, 0.3) is 0 Å². The van der Waals surface area contributed by atoms with E-state index < -0.39 is 17.8 Å². The molecule has 0 bridgehead atoms. The van der Waals surface area contributed by atoms with E-state index in [1.54, 1.807) is 18.9 Å². The first-order valence-corrected chi connectivity index (χ1v) is 8.20. The number of anilines is 1. The monoisotopic (exact) mass is 332 g/mol. The standard InChI is InChI=1S/C18H24N2O4/c1-4-13-5-7-15(8-6-13)20-11-14(9-16(20)21)17(22)19(3)10-12(2)18(23)24/h5-8,12,14H,4,9-11H2,1-3H3,(H,23,24). The molecule has 24 heavy (non-hydrogen) atoms. The highest BCUT2D eigenvalue weighted by Crippen LogP contribution is 2.26. The smallest absolute Gasteiger partial charge is 0.308 e. The average molecular weight is 332 g/mol. The zero-order chi connectivity index (χ0) is 17.9. The molecule has 0 saturated carbocycles. The number of carbonyl (C=O) groups excluding carboxylic acids is 2. The van der Waals surface area contributed by atoms with Gasteiger partial charge in [-0.1, -0.05) is 26.0 Å². The summed E-state index contributed by atoms with van der Waals surface area (Å²) in [6.07, 6.45) is 1.10. The number of rotatable bonds is 6. The van der Waals surface area contributed by atoms with Crippen molar-refractivity contribution in [3.63, 3.8) is 0 Å². The third-order valence-electron chi connectivity index (χ3n) is 4.48. The van der Waals surface area contributed by atoms with Gasteiger partial charge in [-0.15, -0.1) is 0 Å². The first-order chi connectivity index (χ1) is 11.3. The van der Waals surface area contributed by atoms with Crippen LogP contribution in [-0.4, -0.2) is 47.9 Å². The third-order valence-corrected chi connectivity index (χ3v) is 4.48. The molecule has 1 aromatic carbocycles. The number of benzene rings is 1. The Balaban J connectivity index is 2.02. The molecule has 1 fully saturated rings. The van der Waals surface area contributed by atoms with Crippen molar-refractivity contribution in [2.75, 3.05) is 25.0 Å². The lowest BCUT2D eigenvalue weighted by Gasteiger charge is -2.23. The molecule has 6 nitrogen and oxygen atoms in total. The van der Waals surface area contributed by atoms with Crippen molar-refractivity contribution >= 4 is 23.5 Å². The van der Waals surface area contributed by atoms with Gasteiger partial charge in [-0.25, -0.2) is 0 Å². The fourth-order valence-electron chi connectivity index (χ4n) is 2.92. The maximum atomic E-state index is 12.5. The Morgan fingerprint density at radius 2 is 1.96 bits per heavy atom. The summed E-state index contributed by atoms with van der Waals surface area (Å²) in [5.41, 5.74) is 1.99. The summed E-state index contributed by atoms with van der Waals surface area (Å²) < 4.78 is 0. The maximum absolute atomic E-state index is 12.5. The Labute approximate surface area is 142 Å². The van der Waals surface area contributed by atoms with Crippen LogP contribution in [0.4, 0.5) is 5.69 Å². The number of hydrogen-bond acceptors (Lipinski definition) is 3. The lowest BCUT2D eigenvalue weighted by molar-refractivity contribution is -0.143. The zero-order valence-electron chi connectivity index (χ0n) is 14.4. The molecule has 1 heterocycles. The molecule has 1 saturated heterocycles. The van der Waals surface area contributed by atoms with Crippen LogP contribution in [-0.2, 0) is 20.8 Å². The fraction of sp³-hybridized carbons (Fsp3) is 0.500. The first-order valence-electron chi connectivity index (χ1n) is 8.20. The van der Waals surface area contributed by atoms with Crippen LogP contribution in [0.15, 0.2) is 24.3 Å². The molecular formula is C18H24N2O4. The van der Waals surface area contributed by atoms with E-state index in [0.29, 0.717) is 6.54 Å². The highest BCUT2D eigenvalue weighted by atomic mass is 16.4. The summed E-state index contributed by atoms with van der Waals surface area (Å²) in [5, 5.41) is 8.95. The molecular weight excluding hydrogens is 308 g/mol. The van der Waals surface area contributed by atoms with E-state index in [1.807, 2.05) is 24.3 Å². The number of aryl methyl sites for hydroxylation is 1. The van der Waals surface area contributed by atoms with E-state index in [4.69, 9.17) is 5.11 Å². The number of amides is 2. The van der Waals surface area contributed by atoms with Crippen molar-refractivity contribution in [2.45, 2.75) is 26.7 Å². The lowest BCUT2D eigenvalue weighted by Crippen LogP contribution is -2.38. The van der Waals surface area contributed by atoms with E-state index in [9.17, 15) is 14.4 Å². The van der Waals surface area contributed by atoms with E-state index >= 15 is 0 Å². The quantitative estimate of drug-likeness (QED) is 0.861. The van der Waals surface area contributed by atoms with Gasteiger partial charge in [-0.3, -0.25) is 14.4 Å². The molecule has 2 amide bonds. The van der Waals surface area contributed by atoms with Crippen LogP contribution in [0.3, 0.4) is 0 Å². The van der Waals surface area contributed by atoms with E-state index in [-0.39, 0.29) is 24.8 Å². The highest BCUT2D eigenvalue weighted by molar-refractivity contribution is 6.00. The summed E-state index contributed by atoms with van der Waals surface area (Å²) in [6.45, 7) is 4.12. The summed E-state index contributed by atoms with van der Waals surface area (Å²) >= 11 is 0. The van der Waals surface area contributed by atoms with Gasteiger partial charge in [0.05, 0.1) is 11.8 Å². The van der Waals surface area contributed by atoms with Crippen molar-refractivity contribution in [3.05, 3.63) is 29.8 Å². The molecule has 1 aliphatic rings. The minimum atomic E-state index is -0.935. The lowest BCUT2D eigenvalue weighted by atomic mass is 10.1. The molecule has 2 unspecified atom stereocenters. The third kappa shape index (κ3) is 3.93. The van der Waals surface area contributed by atoms with Crippen molar-refractivity contribution in [1.29, 1.82) is 0 Å². The van der Waals surface area contributed by atoms with Crippen molar-refractivity contribution < 1.29 is 19.5 Å². The highest BCUT2D eigenvalue weighted by Gasteiger charge is 2.36. The molecule has 1 N–H and O–H groups in total. The zero-order valence-corrected chi connectivity index (χ0v) is 14.4. The molecule has 2 atom stereocenters. The van der Waals surface area contributed by atoms with Crippen LogP contribution in [0.5, 0.6) is 0 Å². The van der Waals surface area contributed by atoms with Crippen LogP contribution < -0.4 is 4.90 Å². The molecule has 1 aromatic rings.